The van der Waals surface area contributed by atoms with Gasteiger partial charge in [0.15, 0.2) is 0 Å². The predicted molar refractivity (Wildman–Crippen MR) is 120 cm³/mol. The molecule has 1 heterocycles. The Bertz CT molecular complexity index is 928. The van der Waals surface area contributed by atoms with Crippen molar-refractivity contribution in [1.29, 1.82) is 0 Å². The average molecular weight is 406 g/mol. The summed E-state index contributed by atoms with van der Waals surface area (Å²) in [6.07, 6.45) is 0. The second-order valence-corrected chi connectivity index (χ2v) is 9.07. The van der Waals surface area contributed by atoms with Gasteiger partial charge in [-0.25, -0.2) is 0 Å². The Morgan fingerprint density at radius 3 is 2.13 bits per heavy atom. The van der Waals surface area contributed by atoms with E-state index in [1.165, 1.54) is 0 Å². The Morgan fingerprint density at radius 2 is 1.60 bits per heavy atom. The van der Waals surface area contributed by atoms with Crippen LogP contribution in [0.1, 0.15) is 45.7 Å². The highest BCUT2D eigenvalue weighted by Gasteiger charge is 2.39. The molecule has 30 heavy (non-hydrogen) atoms. The maximum atomic E-state index is 13.5. The van der Waals surface area contributed by atoms with Gasteiger partial charge in [-0.1, -0.05) is 74.5 Å². The van der Waals surface area contributed by atoms with E-state index in [1.54, 1.807) is 4.90 Å². The van der Waals surface area contributed by atoms with E-state index in [0.717, 1.165) is 11.1 Å². The summed E-state index contributed by atoms with van der Waals surface area (Å²) in [6.45, 7) is 10.2. The number of hydrogen-bond acceptors (Lipinski definition) is 3. The molecule has 5 nitrogen and oxygen atoms in total. The van der Waals surface area contributed by atoms with E-state index >= 15 is 0 Å². The standard InChI is InChI=1S/C25H31N3O2/c1-17(2)20-24(30)28(16-18-12-8-6-9-13-18)22(23(29)27-25(3,4)5)21(26-20)19-14-10-7-11-15-19/h6-15,17,20,26H,16H2,1-5H3,(H,27,29). The highest BCUT2D eigenvalue weighted by molar-refractivity contribution is 6.07. The van der Waals surface area contributed by atoms with Gasteiger partial charge >= 0.3 is 0 Å². The van der Waals surface area contributed by atoms with Crippen molar-refractivity contribution < 1.29 is 9.59 Å². The number of benzene rings is 2. The highest BCUT2D eigenvalue weighted by atomic mass is 16.2. The smallest absolute Gasteiger partial charge is 0.270 e. The van der Waals surface area contributed by atoms with Crippen LogP contribution in [0.2, 0.25) is 0 Å². The number of nitrogens with one attached hydrogen (secondary N) is 2. The summed E-state index contributed by atoms with van der Waals surface area (Å²) in [7, 11) is 0. The van der Waals surface area contributed by atoms with Crippen molar-refractivity contribution in [3.05, 3.63) is 77.5 Å². The molecule has 0 bridgehead atoms. The second kappa shape index (κ2) is 8.74. The Hall–Kier alpha value is -3.08. The number of amides is 2. The van der Waals surface area contributed by atoms with Crippen LogP contribution in [0.5, 0.6) is 0 Å². The molecular weight excluding hydrogens is 374 g/mol. The average Bonchev–Trinajstić information content (AvgIpc) is 2.69. The molecular formula is C25H31N3O2. The van der Waals surface area contributed by atoms with Crippen molar-refractivity contribution in [2.24, 2.45) is 5.92 Å². The number of hydrogen-bond donors (Lipinski definition) is 2. The second-order valence-electron chi connectivity index (χ2n) is 9.07. The molecule has 1 aliphatic rings. The fraction of sp³-hybridized carbons (Fsp3) is 0.360. The maximum Gasteiger partial charge on any atom is 0.270 e. The zero-order valence-corrected chi connectivity index (χ0v) is 18.4. The zero-order valence-electron chi connectivity index (χ0n) is 18.4. The largest absolute Gasteiger partial charge is 0.371 e. The lowest BCUT2D eigenvalue weighted by Gasteiger charge is -2.39. The summed E-state index contributed by atoms with van der Waals surface area (Å²) in [5.41, 5.74) is 2.48. The molecule has 0 fully saturated rings. The first-order valence-corrected chi connectivity index (χ1v) is 10.4. The molecule has 0 saturated heterocycles. The van der Waals surface area contributed by atoms with Crippen LogP contribution in [0, 0.1) is 5.92 Å². The molecule has 0 aliphatic carbocycles. The number of rotatable bonds is 5. The van der Waals surface area contributed by atoms with Gasteiger partial charge in [-0.2, -0.15) is 0 Å². The van der Waals surface area contributed by atoms with Gasteiger partial charge in [0.25, 0.3) is 5.91 Å². The lowest BCUT2D eigenvalue weighted by atomic mass is 9.95. The van der Waals surface area contributed by atoms with Gasteiger partial charge in [-0.3, -0.25) is 14.5 Å². The molecule has 0 spiro atoms. The van der Waals surface area contributed by atoms with Crippen molar-refractivity contribution in [2.45, 2.75) is 52.7 Å². The molecule has 0 radical (unpaired) electrons. The molecule has 0 saturated carbocycles. The van der Waals surface area contributed by atoms with Crippen LogP contribution >= 0.6 is 0 Å². The molecule has 158 valence electrons. The molecule has 0 aromatic heterocycles. The van der Waals surface area contributed by atoms with Crippen molar-refractivity contribution >= 4 is 17.5 Å². The first-order valence-electron chi connectivity index (χ1n) is 10.4. The number of carbonyl (C=O) groups excluding carboxylic acids is 2. The predicted octanol–water partition coefficient (Wildman–Crippen LogP) is 3.93. The Kier molecular flexibility index (Phi) is 6.30. The molecule has 1 aliphatic heterocycles. The normalized spacial score (nSPS) is 17.2. The van der Waals surface area contributed by atoms with Crippen molar-refractivity contribution in [2.75, 3.05) is 0 Å². The Labute approximate surface area is 179 Å². The van der Waals surface area contributed by atoms with Gasteiger partial charge in [-0.05, 0) is 37.8 Å². The molecule has 1 unspecified atom stereocenters. The monoisotopic (exact) mass is 405 g/mol. The van der Waals surface area contributed by atoms with Crippen molar-refractivity contribution in [3.8, 4) is 0 Å². The minimum atomic E-state index is -0.428. The van der Waals surface area contributed by atoms with Gasteiger partial charge in [-0.15, -0.1) is 0 Å². The molecule has 3 rings (SSSR count). The summed E-state index contributed by atoms with van der Waals surface area (Å²) < 4.78 is 0. The Morgan fingerprint density at radius 1 is 1.03 bits per heavy atom. The van der Waals surface area contributed by atoms with Gasteiger partial charge in [0.2, 0.25) is 5.91 Å². The number of nitrogens with zero attached hydrogens (tertiary/aromatic N) is 1. The van der Waals surface area contributed by atoms with Crippen LogP contribution < -0.4 is 10.6 Å². The topological polar surface area (TPSA) is 61.4 Å². The third-order valence-electron chi connectivity index (χ3n) is 4.95. The van der Waals surface area contributed by atoms with Crippen LogP contribution in [0.15, 0.2) is 66.4 Å². The van der Waals surface area contributed by atoms with Gasteiger partial charge < -0.3 is 10.6 Å². The van der Waals surface area contributed by atoms with Crippen LogP contribution in [-0.2, 0) is 16.1 Å². The van der Waals surface area contributed by atoms with E-state index in [9.17, 15) is 9.59 Å². The van der Waals surface area contributed by atoms with E-state index < -0.39 is 11.6 Å². The SMILES string of the molecule is CC(C)C1NC(c2ccccc2)=C(C(=O)NC(C)(C)C)N(Cc2ccccc2)C1=O. The third-order valence-corrected chi connectivity index (χ3v) is 4.95. The molecule has 1 atom stereocenters. The minimum Gasteiger partial charge on any atom is -0.371 e. The lowest BCUT2D eigenvalue weighted by molar-refractivity contribution is -0.136. The van der Waals surface area contributed by atoms with Gasteiger partial charge in [0, 0.05) is 5.54 Å². The number of carbonyl (C=O) groups is 2. The molecule has 2 amide bonds. The van der Waals surface area contributed by atoms with Crippen LogP contribution in [0.3, 0.4) is 0 Å². The van der Waals surface area contributed by atoms with Gasteiger partial charge in [0.05, 0.1) is 12.2 Å². The zero-order chi connectivity index (χ0) is 21.9. The Balaban J connectivity index is 2.17. The molecule has 2 N–H and O–H groups in total. The first kappa shape index (κ1) is 21.6. The summed E-state index contributed by atoms with van der Waals surface area (Å²) in [5, 5.41) is 6.42. The van der Waals surface area contributed by atoms with Crippen LogP contribution in [0.4, 0.5) is 0 Å². The molecule has 2 aromatic rings. The fourth-order valence-electron chi connectivity index (χ4n) is 3.53. The summed E-state index contributed by atoms with van der Waals surface area (Å²) >= 11 is 0. The quantitative estimate of drug-likeness (QED) is 0.792. The highest BCUT2D eigenvalue weighted by Crippen LogP contribution is 2.29. The van der Waals surface area contributed by atoms with Crippen molar-refractivity contribution in [3.63, 3.8) is 0 Å². The third kappa shape index (κ3) is 4.90. The fourth-order valence-corrected chi connectivity index (χ4v) is 3.53. The van der Waals surface area contributed by atoms with E-state index in [4.69, 9.17) is 0 Å². The molecule has 5 heteroatoms. The summed E-state index contributed by atoms with van der Waals surface area (Å²) in [6, 6.07) is 19.1. The van der Waals surface area contributed by atoms with Crippen LogP contribution in [-0.4, -0.2) is 28.3 Å². The molecule has 2 aromatic carbocycles. The van der Waals surface area contributed by atoms with Gasteiger partial charge in [0.1, 0.15) is 11.7 Å². The van der Waals surface area contributed by atoms with E-state index in [1.807, 2.05) is 95.3 Å². The van der Waals surface area contributed by atoms with Crippen LogP contribution in [0.25, 0.3) is 5.70 Å². The first-order chi connectivity index (χ1) is 14.2. The summed E-state index contributed by atoms with van der Waals surface area (Å²) in [4.78, 5) is 28.5. The van der Waals surface area contributed by atoms with E-state index in [0.29, 0.717) is 17.9 Å². The minimum absolute atomic E-state index is 0.0710. The maximum absolute atomic E-state index is 13.5. The van der Waals surface area contributed by atoms with E-state index in [-0.39, 0.29) is 17.7 Å². The lowest BCUT2D eigenvalue weighted by Crippen LogP contribution is -2.56. The van der Waals surface area contributed by atoms with E-state index in [2.05, 4.69) is 10.6 Å². The summed E-state index contributed by atoms with van der Waals surface area (Å²) in [5.74, 6) is -0.283. The van der Waals surface area contributed by atoms with Crippen molar-refractivity contribution in [1.82, 2.24) is 15.5 Å².